The second-order valence-corrected chi connectivity index (χ2v) is 2.08. The van der Waals surface area contributed by atoms with E-state index in [0.717, 1.165) is 6.07 Å². The van der Waals surface area contributed by atoms with Crippen LogP contribution in [-0.2, 0) is 0 Å². The second-order valence-electron chi connectivity index (χ2n) is 1.70. The van der Waals surface area contributed by atoms with Crippen molar-refractivity contribution in [2.45, 2.75) is 0 Å². The molecule has 12 heavy (non-hydrogen) atoms. The van der Waals surface area contributed by atoms with Crippen molar-refractivity contribution in [2.24, 2.45) is 5.18 Å². The molecule has 0 saturated carbocycles. The van der Waals surface area contributed by atoms with Crippen LogP contribution in [0.2, 0.25) is 5.15 Å². The van der Waals surface area contributed by atoms with Gasteiger partial charge in [-0.25, -0.2) is 0 Å². The van der Waals surface area contributed by atoms with Crippen LogP contribution in [0.15, 0.2) is 11.2 Å². The number of hydrogen-bond donors (Lipinski definition) is 0. The summed E-state index contributed by atoms with van der Waals surface area (Å²) in [6, 6.07) is 0.927. The number of nitro groups is 1. The average Bonchev–Trinajstić information content (AvgIpc) is 2.03. The summed E-state index contributed by atoms with van der Waals surface area (Å²) in [6.07, 6.45) is 0. The van der Waals surface area contributed by atoms with Crippen LogP contribution in [0.5, 0.6) is 0 Å². The molecule has 0 aromatic carbocycles. The van der Waals surface area contributed by atoms with Gasteiger partial charge in [-0.3, -0.25) is 0 Å². The summed E-state index contributed by atoms with van der Waals surface area (Å²) in [5.74, 6) is -1.10. The lowest BCUT2D eigenvalue weighted by molar-refractivity contribution is -0.389. The molecule has 0 saturated heterocycles. The van der Waals surface area contributed by atoms with E-state index >= 15 is 0 Å². The largest absolute Gasteiger partial charge is 0.403 e. The predicted octanol–water partition coefficient (Wildman–Crippen LogP) is 1.44. The molecule has 0 atom stereocenters. The minimum Gasteiger partial charge on any atom is -0.358 e. The Bertz CT molecular complexity index is 341. The molecule has 0 unspecified atom stereocenters. The van der Waals surface area contributed by atoms with Gasteiger partial charge >= 0.3 is 11.8 Å². The van der Waals surface area contributed by atoms with Gasteiger partial charge in [-0.05, 0) is 4.92 Å². The molecule has 1 heterocycles. The van der Waals surface area contributed by atoms with E-state index in [1.165, 1.54) is 0 Å². The highest BCUT2D eigenvalue weighted by Crippen LogP contribution is 2.16. The Labute approximate surface area is 70.5 Å². The SMILES string of the molecule is O=Nc1nc(Cl)cc([N+](=O)[O-])n1. The van der Waals surface area contributed by atoms with Crippen LogP contribution in [0.1, 0.15) is 0 Å². The molecule has 0 spiro atoms. The predicted molar refractivity (Wildman–Crippen MR) is 39.2 cm³/mol. The number of rotatable bonds is 2. The lowest BCUT2D eigenvalue weighted by Gasteiger charge is -1.90. The summed E-state index contributed by atoms with van der Waals surface area (Å²) in [5, 5.41) is 12.3. The van der Waals surface area contributed by atoms with Crippen LogP contribution in [0.4, 0.5) is 11.8 Å². The van der Waals surface area contributed by atoms with Gasteiger partial charge < -0.3 is 10.1 Å². The van der Waals surface area contributed by atoms with Crippen LogP contribution in [0, 0.1) is 15.0 Å². The maximum absolute atomic E-state index is 10.1. The van der Waals surface area contributed by atoms with Gasteiger partial charge in [-0.1, -0.05) is 11.6 Å². The summed E-state index contributed by atoms with van der Waals surface area (Å²) in [7, 11) is 0. The molecule has 0 bridgehead atoms. The van der Waals surface area contributed by atoms with Crippen molar-refractivity contribution in [1.29, 1.82) is 0 Å². The van der Waals surface area contributed by atoms with Gasteiger partial charge in [0.1, 0.15) is 5.15 Å². The lowest BCUT2D eigenvalue weighted by atomic mass is 10.6. The zero-order chi connectivity index (χ0) is 9.14. The third-order valence-corrected chi connectivity index (χ3v) is 1.13. The highest BCUT2D eigenvalue weighted by atomic mass is 35.5. The zero-order valence-electron chi connectivity index (χ0n) is 5.47. The quantitative estimate of drug-likeness (QED) is 0.303. The second kappa shape index (κ2) is 3.18. The molecule has 7 nitrogen and oxygen atoms in total. The van der Waals surface area contributed by atoms with E-state index < -0.39 is 16.7 Å². The minimum absolute atomic E-state index is 0.189. The van der Waals surface area contributed by atoms with E-state index in [2.05, 4.69) is 15.1 Å². The Morgan fingerprint density at radius 3 is 2.75 bits per heavy atom. The number of nitroso groups, excluding NO2 is 1. The molecule has 1 rings (SSSR count). The number of nitrogens with zero attached hydrogens (tertiary/aromatic N) is 4. The van der Waals surface area contributed by atoms with Crippen LogP contribution in [-0.4, -0.2) is 14.9 Å². The van der Waals surface area contributed by atoms with Crippen molar-refractivity contribution in [3.63, 3.8) is 0 Å². The number of aromatic nitrogens is 2. The molecular weight excluding hydrogens is 188 g/mol. The highest BCUT2D eigenvalue weighted by Gasteiger charge is 2.13. The first-order valence-corrected chi connectivity index (χ1v) is 3.03. The van der Waals surface area contributed by atoms with E-state index in [1.54, 1.807) is 0 Å². The van der Waals surface area contributed by atoms with Crippen molar-refractivity contribution >= 4 is 23.4 Å². The summed E-state index contributed by atoms with van der Waals surface area (Å²) in [6.45, 7) is 0. The van der Waals surface area contributed by atoms with Crippen molar-refractivity contribution in [1.82, 2.24) is 9.97 Å². The molecule has 62 valence electrons. The minimum atomic E-state index is -0.789. The van der Waals surface area contributed by atoms with Crippen LogP contribution in [0.3, 0.4) is 0 Å². The molecule has 1 aromatic rings. The Morgan fingerprint density at radius 2 is 2.25 bits per heavy atom. The molecule has 0 radical (unpaired) electrons. The normalized spacial score (nSPS) is 9.42. The van der Waals surface area contributed by atoms with E-state index in [1.807, 2.05) is 0 Å². The maximum Gasteiger partial charge on any atom is 0.403 e. The summed E-state index contributed by atoms with van der Waals surface area (Å²) >= 11 is 5.32. The lowest BCUT2D eigenvalue weighted by Crippen LogP contribution is -1.93. The van der Waals surface area contributed by atoms with E-state index in [4.69, 9.17) is 11.6 Å². The third-order valence-electron chi connectivity index (χ3n) is 0.938. The monoisotopic (exact) mass is 188 g/mol. The smallest absolute Gasteiger partial charge is 0.358 e. The molecular formula is C4HClN4O3. The van der Waals surface area contributed by atoms with Gasteiger partial charge in [0.25, 0.3) is 0 Å². The maximum atomic E-state index is 10.1. The topological polar surface area (TPSA) is 98.3 Å². The summed E-state index contributed by atoms with van der Waals surface area (Å²) in [5.41, 5.74) is 0. The van der Waals surface area contributed by atoms with Crippen LogP contribution >= 0.6 is 11.6 Å². The van der Waals surface area contributed by atoms with Crippen molar-refractivity contribution in [2.75, 3.05) is 0 Å². The first-order valence-electron chi connectivity index (χ1n) is 2.66. The Morgan fingerprint density at radius 1 is 1.58 bits per heavy atom. The van der Waals surface area contributed by atoms with Crippen molar-refractivity contribution < 1.29 is 4.92 Å². The van der Waals surface area contributed by atoms with Gasteiger partial charge in [0.05, 0.1) is 6.07 Å². The molecule has 0 aliphatic rings. The average molecular weight is 189 g/mol. The summed E-state index contributed by atoms with van der Waals surface area (Å²) < 4.78 is 0. The van der Waals surface area contributed by atoms with Crippen molar-refractivity contribution in [3.8, 4) is 0 Å². The molecule has 0 N–H and O–H groups in total. The van der Waals surface area contributed by atoms with E-state index in [0.29, 0.717) is 0 Å². The van der Waals surface area contributed by atoms with Gasteiger partial charge in [0.2, 0.25) is 0 Å². The molecule has 0 aliphatic carbocycles. The Hall–Kier alpha value is -1.63. The van der Waals surface area contributed by atoms with Crippen molar-refractivity contribution in [3.05, 3.63) is 26.2 Å². The molecule has 0 fully saturated rings. The fourth-order valence-electron chi connectivity index (χ4n) is 0.528. The van der Waals surface area contributed by atoms with Gasteiger partial charge in [-0.2, -0.15) is 4.98 Å². The van der Waals surface area contributed by atoms with E-state index in [-0.39, 0.29) is 5.15 Å². The molecule has 0 amide bonds. The van der Waals surface area contributed by atoms with Gasteiger partial charge in [-0.15, -0.1) is 4.91 Å². The van der Waals surface area contributed by atoms with Crippen LogP contribution < -0.4 is 0 Å². The fraction of sp³-hybridized carbons (Fsp3) is 0. The van der Waals surface area contributed by atoms with Crippen LogP contribution in [0.25, 0.3) is 0 Å². The van der Waals surface area contributed by atoms with Gasteiger partial charge in [0, 0.05) is 10.2 Å². The van der Waals surface area contributed by atoms with Gasteiger partial charge in [0.15, 0.2) is 0 Å². The zero-order valence-corrected chi connectivity index (χ0v) is 6.22. The van der Waals surface area contributed by atoms with E-state index in [9.17, 15) is 15.0 Å². The summed E-state index contributed by atoms with van der Waals surface area (Å²) in [4.78, 5) is 25.7. The Kier molecular flexibility index (Phi) is 2.24. The standard InChI is InChI=1S/C4HClN4O3/c5-2-1-3(9(11)12)7-4(6-2)8-10/h1H. The number of halogens is 1. The fourth-order valence-corrected chi connectivity index (χ4v) is 0.702. The molecule has 1 aromatic heterocycles. The highest BCUT2D eigenvalue weighted by molar-refractivity contribution is 6.29. The molecule has 0 aliphatic heterocycles. The Balaban J connectivity index is 3.23. The first-order chi connectivity index (χ1) is 5.63. The first kappa shape index (κ1) is 8.47. The third kappa shape index (κ3) is 1.70. The number of hydrogen-bond acceptors (Lipinski definition) is 6. The molecule has 8 heteroatoms.